The molecule has 1 atom stereocenters. The number of nitrogens with two attached hydrogens (primary N) is 1. The summed E-state index contributed by atoms with van der Waals surface area (Å²) in [5.41, 5.74) is 5.76. The molecule has 4 N–H and O–H groups in total. The van der Waals surface area contributed by atoms with Gasteiger partial charge >= 0.3 is 0 Å². The number of hydrogen-bond acceptors (Lipinski definition) is 4. The van der Waals surface area contributed by atoms with Crippen LogP contribution in [0.2, 0.25) is 0 Å². The van der Waals surface area contributed by atoms with E-state index >= 15 is 0 Å². The van der Waals surface area contributed by atoms with Crippen LogP contribution < -0.4 is 11.1 Å². The summed E-state index contributed by atoms with van der Waals surface area (Å²) >= 11 is 0. The molecule has 0 bridgehead atoms. The monoisotopic (exact) mass is 286 g/mol. The van der Waals surface area contributed by atoms with Gasteiger partial charge in [0.1, 0.15) is 5.69 Å². The maximum atomic E-state index is 12.3. The van der Waals surface area contributed by atoms with E-state index in [9.17, 15) is 4.79 Å². The molecule has 0 aliphatic carbocycles. The summed E-state index contributed by atoms with van der Waals surface area (Å²) in [7, 11) is 0. The van der Waals surface area contributed by atoms with Crippen LogP contribution in [0, 0.1) is 0 Å². The van der Waals surface area contributed by atoms with Gasteiger partial charge in [0.2, 0.25) is 0 Å². The van der Waals surface area contributed by atoms with Gasteiger partial charge in [-0.1, -0.05) is 36.3 Å². The third-order valence-electron chi connectivity index (χ3n) is 3.60. The molecule has 2 rings (SSSR count). The summed E-state index contributed by atoms with van der Waals surface area (Å²) in [4.78, 5) is 16.6. The van der Waals surface area contributed by atoms with Crippen molar-refractivity contribution in [2.24, 2.45) is 10.9 Å². The van der Waals surface area contributed by atoms with Crippen LogP contribution in [0.25, 0.3) is 10.9 Å². The highest BCUT2D eigenvalue weighted by atomic mass is 16.4. The predicted molar refractivity (Wildman–Crippen MR) is 81.3 cm³/mol. The summed E-state index contributed by atoms with van der Waals surface area (Å²) in [6.45, 7) is 3.53. The number of rotatable bonds is 4. The molecule has 0 aliphatic heterocycles. The van der Waals surface area contributed by atoms with E-state index in [0.717, 1.165) is 10.9 Å². The van der Waals surface area contributed by atoms with Gasteiger partial charge in [0.05, 0.1) is 11.1 Å². The Bertz CT molecular complexity index is 699. The number of amides is 1. The zero-order chi connectivity index (χ0) is 15.5. The van der Waals surface area contributed by atoms with E-state index in [1.54, 1.807) is 13.0 Å². The average Bonchev–Trinajstić information content (AvgIpc) is 2.53. The third-order valence-corrected chi connectivity index (χ3v) is 3.60. The minimum atomic E-state index is -0.918. The molecule has 1 aromatic carbocycles. The normalized spacial score (nSPS) is 14.7. The molecular formula is C15H18N4O2. The molecule has 1 aromatic heterocycles. The lowest BCUT2D eigenvalue weighted by molar-refractivity contribution is 0.0920. The van der Waals surface area contributed by atoms with Crippen molar-refractivity contribution in [1.29, 1.82) is 0 Å². The molecule has 0 fully saturated rings. The molecule has 6 heteroatoms. The first-order valence-electron chi connectivity index (χ1n) is 6.66. The molecule has 2 aromatic rings. The number of hydrogen-bond donors (Lipinski definition) is 3. The summed E-state index contributed by atoms with van der Waals surface area (Å²) in [5.74, 6) is -0.407. The Morgan fingerprint density at radius 1 is 1.38 bits per heavy atom. The van der Waals surface area contributed by atoms with Crippen molar-refractivity contribution >= 4 is 22.6 Å². The molecule has 0 spiro atoms. The minimum Gasteiger partial charge on any atom is -0.409 e. The van der Waals surface area contributed by atoms with Crippen LogP contribution in [0.3, 0.4) is 0 Å². The molecule has 0 aliphatic rings. The van der Waals surface area contributed by atoms with Crippen LogP contribution in [-0.2, 0) is 0 Å². The second-order valence-corrected chi connectivity index (χ2v) is 5.01. The topological polar surface area (TPSA) is 101 Å². The van der Waals surface area contributed by atoms with E-state index in [0.29, 0.717) is 12.1 Å². The average molecular weight is 286 g/mol. The Morgan fingerprint density at radius 2 is 2.10 bits per heavy atom. The quantitative estimate of drug-likeness (QED) is 0.346. The van der Waals surface area contributed by atoms with Crippen LogP contribution in [0.4, 0.5) is 0 Å². The Morgan fingerprint density at radius 3 is 2.76 bits per heavy atom. The van der Waals surface area contributed by atoms with Crippen LogP contribution in [0.5, 0.6) is 0 Å². The molecule has 0 radical (unpaired) electrons. The van der Waals surface area contributed by atoms with Gasteiger partial charge in [-0.2, -0.15) is 0 Å². The van der Waals surface area contributed by atoms with E-state index in [2.05, 4.69) is 15.5 Å². The van der Waals surface area contributed by atoms with Crippen molar-refractivity contribution in [3.63, 3.8) is 0 Å². The molecule has 0 saturated heterocycles. The van der Waals surface area contributed by atoms with Gasteiger partial charge in [-0.05, 0) is 25.5 Å². The highest BCUT2D eigenvalue weighted by molar-refractivity contribution is 6.00. The Balaban J connectivity index is 2.30. The van der Waals surface area contributed by atoms with Crippen molar-refractivity contribution < 1.29 is 10.0 Å². The molecule has 1 unspecified atom stereocenters. The molecule has 1 heterocycles. The second kappa shape index (κ2) is 5.78. The van der Waals surface area contributed by atoms with Gasteiger partial charge < -0.3 is 16.3 Å². The molecular weight excluding hydrogens is 268 g/mol. The van der Waals surface area contributed by atoms with E-state index in [-0.39, 0.29) is 11.7 Å². The number of nitrogens with one attached hydrogen (secondary N) is 1. The maximum Gasteiger partial charge on any atom is 0.270 e. The number of oxime groups is 1. The lowest BCUT2D eigenvalue weighted by Crippen LogP contribution is -2.55. The van der Waals surface area contributed by atoms with E-state index in [1.165, 1.54) is 0 Å². The standard InChI is InChI=1S/C15H18N4O2/c1-3-15(2,14(16)19-21)18-13(20)12-9-8-10-6-4-5-7-11(10)17-12/h4-9,21H,3H2,1-2H3,(H2,16,19)(H,18,20). The number of benzene rings is 1. The van der Waals surface area contributed by atoms with E-state index in [4.69, 9.17) is 10.9 Å². The number of aromatic nitrogens is 1. The number of fused-ring (bicyclic) bond motifs is 1. The summed E-state index contributed by atoms with van der Waals surface area (Å²) in [6, 6.07) is 11.0. The van der Waals surface area contributed by atoms with Crippen LogP contribution in [0.15, 0.2) is 41.6 Å². The SMILES string of the molecule is CCC(C)(NC(=O)c1ccc2ccccc2n1)/C(N)=N/O. The van der Waals surface area contributed by atoms with Gasteiger partial charge in [-0.15, -0.1) is 0 Å². The number of nitrogens with zero attached hydrogens (tertiary/aromatic N) is 2. The number of pyridine rings is 1. The van der Waals surface area contributed by atoms with Gasteiger partial charge in [-0.25, -0.2) is 4.98 Å². The van der Waals surface area contributed by atoms with Gasteiger partial charge in [0, 0.05) is 5.39 Å². The molecule has 21 heavy (non-hydrogen) atoms. The van der Waals surface area contributed by atoms with E-state index < -0.39 is 5.54 Å². The van der Waals surface area contributed by atoms with Crippen molar-refractivity contribution in [2.45, 2.75) is 25.8 Å². The molecule has 6 nitrogen and oxygen atoms in total. The molecule has 0 saturated carbocycles. The first-order valence-corrected chi connectivity index (χ1v) is 6.66. The minimum absolute atomic E-state index is 0.0425. The highest BCUT2D eigenvalue weighted by Crippen LogP contribution is 2.14. The van der Waals surface area contributed by atoms with Crippen molar-refractivity contribution in [1.82, 2.24) is 10.3 Å². The smallest absolute Gasteiger partial charge is 0.270 e. The lowest BCUT2D eigenvalue weighted by atomic mass is 9.97. The van der Waals surface area contributed by atoms with Crippen LogP contribution in [-0.4, -0.2) is 27.5 Å². The Labute approximate surface area is 122 Å². The van der Waals surface area contributed by atoms with Crippen LogP contribution >= 0.6 is 0 Å². The molecule has 110 valence electrons. The van der Waals surface area contributed by atoms with Crippen LogP contribution in [0.1, 0.15) is 30.8 Å². The number of carbonyl (C=O) groups excluding carboxylic acids is 1. The first-order chi connectivity index (χ1) is 10.00. The van der Waals surface area contributed by atoms with Gasteiger partial charge in [-0.3, -0.25) is 4.79 Å². The van der Waals surface area contributed by atoms with Gasteiger partial charge in [0.15, 0.2) is 5.84 Å². The lowest BCUT2D eigenvalue weighted by Gasteiger charge is -2.27. The van der Waals surface area contributed by atoms with Gasteiger partial charge in [0.25, 0.3) is 5.91 Å². The zero-order valence-corrected chi connectivity index (χ0v) is 12.0. The Kier molecular flexibility index (Phi) is 4.07. The van der Waals surface area contributed by atoms with E-state index in [1.807, 2.05) is 37.3 Å². The zero-order valence-electron chi connectivity index (χ0n) is 12.0. The maximum absolute atomic E-state index is 12.3. The summed E-state index contributed by atoms with van der Waals surface area (Å²) in [6.07, 6.45) is 0.488. The number of amidine groups is 1. The summed E-state index contributed by atoms with van der Waals surface area (Å²) in [5, 5.41) is 15.5. The third kappa shape index (κ3) is 2.94. The number of carbonyl (C=O) groups is 1. The largest absolute Gasteiger partial charge is 0.409 e. The fourth-order valence-corrected chi connectivity index (χ4v) is 1.95. The van der Waals surface area contributed by atoms with Crippen molar-refractivity contribution in [3.8, 4) is 0 Å². The summed E-state index contributed by atoms with van der Waals surface area (Å²) < 4.78 is 0. The van der Waals surface area contributed by atoms with Crippen molar-refractivity contribution in [3.05, 3.63) is 42.1 Å². The predicted octanol–water partition coefficient (Wildman–Crippen LogP) is 1.88. The number of para-hydroxylation sites is 1. The fourth-order valence-electron chi connectivity index (χ4n) is 1.95. The first kappa shape index (κ1) is 14.8. The Hall–Kier alpha value is -2.63. The molecule has 1 amide bonds. The highest BCUT2D eigenvalue weighted by Gasteiger charge is 2.30. The van der Waals surface area contributed by atoms with Crippen molar-refractivity contribution in [2.75, 3.05) is 0 Å². The fraction of sp³-hybridized carbons (Fsp3) is 0.267. The second-order valence-electron chi connectivity index (χ2n) is 5.01.